The third-order valence-corrected chi connectivity index (χ3v) is 5.32. The van der Waals surface area contributed by atoms with E-state index < -0.39 is 11.6 Å². The number of nitrogens with zero attached hydrogens (tertiary/aromatic N) is 1. The van der Waals surface area contributed by atoms with Gasteiger partial charge in [-0.15, -0.1) is 0 Å². The molecule has 0 aromatic carbocycles. The fourth-order valence-electron chi connectivity index (χ4n) is 3.63. The van der Waals surface area contributed by atoms with Crippen LogP contribution < -0.4 is 0 Å². The third kappa shape index (κ3) is 3.57. The van der Waals surface area contributed by atoms with Crippen molar-refractivity contribution in [2.75, 3.05) is 13.1 Å². The minimum absolute atomic E-state index is 0.00322. The highest BCUT2D eigenvalue weighted by Gasteiger charge is 2.47. The van der Waals surface area contributed by atoms with Crippen LogP contribution in [0.1, 0.15) is 58.8 Å². The largest absolute Gasteiger partial charge is 0.481 e. The summed E-state index contributed by atoms with van der Waals surface area (Å²) in [5.41, 5.74) is -1.13. The van der Waals surface area contributed by atoms with Gasteiger partial charge in [0.2, 0.25) is 5.91 Å². The molecular weight excluding hydrogens is 270 g/mol. The van der Waals surface area contributed by atoms with E-state index in [9.17, 15) is 14.7 Å². The zero-order valence-electron chi connectivity index (χ0n) is 13.1. The highest BCUT2D eigenvalue weighted by atomic mass is 16.4. The number of aliphatic carboxylic acids is 1. The predicted molar refractivity (Wildman–Crippen MR) is 78.8 cm³/mol. The molecule has 21 heavy (non-hydrogen) atoms. The monoisotopic (exact) mass is 297 g/mol. The van der Waals surface area contributed by atoms with Crippen molar-refractivity contribution in [1.82, 2.24) is 4.90 Å². The summed E-state index contributed by atoms with van der Waals surface area (Å²) in [6, 6.07) is 0. The molecule has 0 unspecified atom stereocenters. The van der Waals surface area contributed by atoms with E-state index in [0.717, 1.165) is 32.1 Å². The first-order valence-electron chi connectivity index (χ1n) is 7.98. The minimum Gasteiger partial charge on any atom is -0.481 e. The number of carboxylic acid groups (broad SMARTS) is 1. The van der Waals surface area contributed by atoms with Gasteiger partial charge in [-0.25, -0.2) is 0 Å². The molecule has 1 amide bonds. The summed E-state index contributed by atoms with van der Waals surface area (Å²) in [6.45, 7) is 4.67. The maximum atomic E-state index is 12.4. The molecule has 1 saturated heterocycles. The van der Waals surface area contributed by atoms with Crippen LogP contribution in [-0.4, -0.2) is 45.7 Å². The van der Waals surface area contributed by atoms with E-state index in [4.69, 9.17) is 5.11 Å². The summed E-state index contributed by atoms with van der Waals surface area (Å²) in [4.78, 5) is 25.2. The summed E-state index contributed by atoms with van der Waals surface area (Å²) in [7, 11) is 0. The summed E-state index contributed by atoms with van der Waals surface area (Å²) < 4.78 is 0. The molecule has 0 bridgehead atoms. The molecule has 2 aliphatic rings. The Morgan fingerprint density at radius 2 is 1.67 bits per heavy atom. The minimum atomic E-state index is -0.813. The molecule has 0 aromatic heterocycles. The Morgan fingerprint density at radius 1 is 1.10 bits per heavy atom. The molecule has 1 aliphatic carbocycles. The molecule has 0 aromatic rings. The highest BCUT2D eigenvalue weighted by Crippen LogP contribution is 2.43. The second-order valence-corrected chi connectivity index (χ2v) is 7.32. The fraction of sp³-hybridized carbons (Fsp3) is 0.875. The van der Waals surface area contributed by atoms with Gasteiger partial charge in [-0.1, -0.05) is 33.1 Å². The molecule has 1 aliphatic heterocycles. The van der Waals surface area contributed by atoms with E-state index in [0.29, 0.717) is 19.5 Å². The number of likely N-dealkylation sites (tertiary alicyclic amines) is 1. The van der Waals surface area contributed by atoms with Gasteiger partial charge in [0.15, 0.2) is 0 Å². The Morgan fingerprint density at radius 3 is 2.14 bits per heavy atom. The lowest BCUT2D eigenvalue weighted by molar-refractivity contribution is -0.167. The van der Waals surface area contributed by atoms with Crippen LogP contribution in [-0.2, 0) is 9.59 Å². The number of aliphatic hydroxyl groups is 1. The van der Waals surface area contributed by atoms with Gasteiger partial charge in [-0.05, 0) is 24.2 Å². The summed E-state index contributed by atoms with van der Waals surface area (Å²) >= 11 is 0. The second-order valence-electron chi connectivity index (χ2n) is 7.32. The van der Waals surface area contributed by atoms with E-state index in [1.54, 1.807) is 4.90 Å². The fourth-order valence-corrected chi connectivity index (χ4v) is 3.63. The Hall–Kier alpha value is -1.10. The van der Waals surface area contributed by atoms with Gasteiger partial charge < -0.3 is 15.1 Å². The average Bonchev–Trinajstić information content (AvgIpc) is 2.34. The number of carboxylic acids is 1. The molecule has 0 atom stereocenters. The molecule has 1 heterocycles. The van der Waals surface area contributed by atoms with Crippen molar-refractivity contribution in [2.45, 2.75) is 64.4 Å². The van der Waals surface area contributed by atoms with Gasteiger partial charge >= 0.3 is 5.97 Å². The Labute approximate surface area is 126 Å². The lowest BCUT2D eigenvalue weighted by Gasteiger charge is -2.50. The first-order chi connectivity index (χ1) is 9.76. The van der Waals surface area contributed by atoms with Crippen molar-refractivity contribution in [1.29, 1.82) is 0 Å². The molecule has 2 rings (SSSR count). The number of rotatable bonds is 5. The number of hydrogen-bond acceptors (Lipinski definition) is 3. The smallest absolute Gasteiger partial charge is 0.303 e. The van der Waals surface area contributed by atoms with Crippen molar-refractivity contribution >= 4 is 11.9 Å². The number of hydrogen-bond donors (Lipinski definition) is 2. The first kappa shape index (κ1) is 16.3. The van der Waals surface area contributed by atoms with Gasteiger partial charge in [0.1, 0.15) is 5.60 Å². The van der Waals surface area contributed by atoms with Crippen LogP contribution in [0.4, 0.5) is 0 Å². The van der Waals surface area contributed by atoms with Crippen LogP contribution in [0.2, 0.25) is 0 Å². The van der Waals surface area contributed by atoms with Crippen LogP contribution in [0, 0.1) is 11.3 Å². The molecule has 1 saturated carbocycles. The van der Waals surface area contributed by atoms with Crippen LogP contribution in [0.25, 0.3) is 0 Å². The SMILES string of the molecule is CC(C)C1(O)CN(C(=O)CC2(CC(=O)O)CCCCC2)C1. The zero-order chi connectivity index (χ0) is 15.7. The van der Waals surface area contributed by atoms with E-state index >= 15 is 0 Å². The Kier molecular flexibility index (Phi) is 4.61. The van der Waals surface area contributed by atoms with Crippen molar-refractivity contribution in [3.05, 3.63) is 0 Å². The third-order valence-electron chi connectivity index (χ3n) is 5.32. The van der Waals surface area contributed by atoms with Crippen molar-refractivity contribution < 1.29 is 19.8 Å². The molecule has 0 spiro atoms. The summed E-state index contributed by atoms with van der Waals surface area (Å²) in [5.74, 6) is -0.681. The lowest BCUT2D eigenvalue weighted by atomic mass is 9.69. The lowest BCUT2D eigenvalue weighted by Crippen LogP contribution is -2.66. The second kappa shape index (κ2) is 5.95. The molecule has 120 valence electrons. The molecule has 2 N–H and O–H groups in total. The molecule has 5 heteroatoms. The normalized spacial score (nSPS) is 23.7. The van der Waals surface area contributed by atoms with Crippen molar-refractivity contribution in [3.63, 3.8) is 0 Å². The summed E-state index contributed by atoms with van der Waals surface area (Å²) in [5, 5.41) is 19.4. The molecular formula is C16H27NO4. The topological polar surface area (TPSA) is 77.8 Å². The van der Waals surface area contributed by atoms with Gasteiger partial charge in [-0.2, -0.15) is 0 Å². The average molecular weight is 297 g/mol. The van der Waals surface area contributed by atoms with Crippen LogP contribution in [0.3, 0.4) is 0 Å². The zero-order valence-corrected chi connectivity index (χ0v) is 13.1. The number of β-amino-alcohol motifs (C(OH)–C–C–N with tert-alkyl or cyclic N) is 1. The molecule has 5 nitrogen and oxygen atoms in total. The maximum absolute atomic E-state index is 12.4. The maximum Gasteiger partial charge on any atom is 0.303 e. The van der Waals surface area contributed by atoms with Crippen LogP contribution >= 0.6 is 0 Å². The van der Waals surface area contributed by atoms with Crippen LogP contribution in [0.5, 0.6) is 0 Å². The van der Waals surface area contributed by atoms with E-state index in [2.05, 4.69) is 0 Å². The Bertz CT molecular complexity index is 407. The van der Waals surface area contributed by atoms with E-state index in [1.807, 2.05) is 13.8 Å². The highest BCUT2D eigenvalue weighted by molar-refractivity contribution is 5.79. The van der Waals surface area contributed by atoms with E-state index in [-0.39, 0.29) is 23.7 Å². The number of amides is 1. The standard InChI is InChI=1S/C16H27NO4/c1-12(2)16(21)10-17(11-16)13(18)8-15(9-14(19)20)6-4-3-5-7-15/h12,21H,3-11H2,1-2H3,(H,19,20). The molecule has 0 radical (unpaired) electrons. The van der Waals surface area contributed by atoms with Gasteiger partial charge in [-0.3, -0.25) is 9.59 Å². The van der Waals surface area contributed by atoms with E-state index in [1.165, 1.54) is 0 Å². The number of carbonyl (C=O) groups excluding carboxylic acids is 1. The quantitative estimate of drug-likeness (QED) is 0.814. The predicted octanol–water partition coefficient (Wildman–Crippen LogP) is 2.03. The molecule has 2 fully saturated rings. The Balaban J connectivity index is 1.95. The summed E-state index contributed by atoms with van der Waals surface area (Å²) in [6.07, 6.45) is 5.20. The van der Waals surface area contributed by atoms with Gasteiger partial charge in [0, 0.05) is 6.42 Å². The van der Waals surface area contributed by atoms with Gasteiger partial charge in [0.25, 0.3) is 0 Å². The number of carbonyl (C=O) groups is 2. The van der Waals surface area contributed by atoms with Crippen molar-refractivity contribution in [3.8, 4) is 0 Å². The first-order valence-corrected chi connectivity index (χ1v) is 7.98. The van der Waals surface area contributed by atoms with Crippen molar-refractivity contribution in [2.24, 2.45) is 11.3 Å². The van der Waals surface area contributed by atoms with Crippen LogP contribution in [0.15, 0.2) is 0 Å². The van der Waals surface area contributed by atoms with Gasteiger partial charge in [0.05, 0.1) is 19.5 Å².